The summed E-state index contributed by atoms with van der Waals surface area (Å²) in [5, 5.41) is 0. The molecular formula is C46H91N2+. The number of nitrogens with zero attached hydrogens (tertiary/aromatic N) is 2. The third-order valence-corrected chi connectivity index (χ3v) is 11.1. The lowest BCUT2D eigenvalue weighted by Gasteiger charge is -2.07. The third-order valence-electron chi connectivity index (χ3n) is 11.1. The van der Waals surface area contributed by atoms with Gasteiger partial charge in [0, 0.05) is 6.42 Å². The summed E-state index contributed by atoms with van der Waals surface area (Å²) < 4.78 is 5.30. The highest BCUT2D eigenvalue weighted by atomic mass is 15.1. The molecule has 2 nitrogen and oxygen atoms in total. The molecule has 1 aromatic heterocycles. The van der Waals surface area contributed by atoms with Gasteiger partial charge >= 0.3 is 0 Å². The van der Waals surface area contributed by atoms with Gasteiger partial charge in [-0.1, -0.05) is 226 Å². The zero-order chi connectivity index (χ0) is 34.4. The molecule has 0 spiro atoms. The van der Waals surface area contributed by atoms with Crippen LogP contribution in [0.4, 0.5) is 0 Å². The quantitative estimate of drug-likeness (QED) is 0.0485. The molecule has 0 aromatic carbocycles. The maximum absolute atomic E-state index is 2.65. The Hall–Kier alpha value is -0.790. The fraction of sp³-hybridized carbons (Fsp3) is 0.935. The molecule has 1 rings (SSSR count). The van der Waals surface area contributed by atoms with E-state index in [9.17, 15) is 0 Å². The highest BCUT2D eigenvalue weighted by Gasteiger charge is 2.16. The van der Waals surface area contributed by atoms with Gasteiger partial charge in [0.05, 0.1) is 13.1 Å². The molecule has 1 aromatic rings. The third kappa shape index (κ3) is 29.0. The molecule has 0 saturated heterocycles. The van der Waals surface area contributed by atoms with E-state index in [1.165, 1.54) is 257 Å². The van der Waals surface area contributed by atoms with Gasteiger partial charge in [0.15, 0.2) is 0 Å². The zero-order valence-electron chi connectivity index (χ0n) is 33.8. The molecule has 284 valence electrons. The first kappa shape index (κ1) is 45.2. The molecule has 0 aliphatic carbocycles. The van der Waals surface area contributed by atoms with E-state index in [1.54, 1.807) is 5.82 Å². The fourth-order valence-electron chi connectivity index (χ4n) is 7.74. The summed E-state index contributed by atoms with van der Waals surface area (Å²) in [6.45, 7) is 9.41. The Morgan fingerprint density at radius 3 is 1.00 bits per heavy atom. The molecule has 0 aliphatic heterocycles. The molecule has 0 atom stereocenters. The van der Waals surface area contributed by atoms with Gasteiger partial charge in [0.25, 0.3) is 5.82 Å². The monoisotopic (exact) mass is 672 g/mol. The first-order valence-corrected chi connectivity index (χ1v) is 22.9. The van der Waals surface area contributed by atoms with Crippen molar-refractivity contribution < 1.29 is 4.57 Å². The van der Waals surface area contributed by atoms with Gasteiger partial charge in [-0.15, -0.1) is 0 Å². The van der Waals surface area contributed by atoms with Crippen molar-refractivity contribution >= 4 is 0 Å². The molecule has 0 aliphatic rings. The molecular weight excluding hydrogens is 581 g/mol. The lowest BCUT2D eigenvalue weighted by molar-refractivity contribution is -0.704. The van der Waals surface area contributed by atoms with Crippen molar-refractivity contribution in [3.05, 3.63) is 18.2 Å². The maximum atomic E-state index is 2.65. The van der Waals surface area contributed by atoms with E-state index in [0.717, 1.165) is 0 Å². The van der Waals surface area contributed by atoms with Gasteiger partial charge in [0.1, 0.15) is 12.4 Å². The lowest BCUT2D eigenvalue weighted by Crippen LogP contribution is -2.37. The second kappa shape index (κ2) is 37.5. The Morgan fingerprint density at radius 1 is 0.354 bits per heavy atom. The van der Waals surface area contributed by atoms with Crippen molar-refractivity contribution in [3.8, 4) is 0 Å². The van der Waals surface area contributed by atoms with Crippen LogP contribution in [0.15, 0.2) is 12.4 Å². The van der Waals surface area contributed by atoms with Gasteiger partial charge in [0.2, 0.25) is 0 Å². The van der Waals surface area contributed by atoms with Gasteiger partial charge in [-0.2, -0.15) is 0 Å². The van der Waals surface area contributed by atoms with E-state index < -0.39 is 0 Å². The molecule has 0 radical (unpaired) electrons. The summed E-state index contributed by atoms with van der Waals surface area (Å²) in [6.07, 6.45) is 59.3. The number of hydrogen-bond acceptors (Lipinski definition) is 0. The number of hydrogen-bond donors (Lipinski definition) is 0. The van der Waals surface area contributed by atoms with Gasteiger partial charge in [-0.3, -0.25) is 0 Å². The predicted molar refractivity (Wildman–Crippen MR) is 216 cm³/mol. The molecule has 2 heteroatoms. The minimum absolute atomic E-state index is 1.23. The van der Waals surface area contributed by atoms with Crippen LogP contribution in [0.3, 0.4) is 0 Å². The average molecular weight is 672 g/mol. The molecule has 0 saturated carbocycles. The zero-order valence-corrected chi connectivity index (χ0v) is 33.8. The van der Waals surface area contributed by atoms with Crippen molar-refractivity contribution in [2.45, 2.75) is 278 Å². The normalized spacial score (nSPS) is 11.6. The van der Waals surface area contributed by atoms with E-state index in [-0.39, 0.29) is 0 Å². The van der Waals surface area contributed by atoms with Crippen LogP contribution in [0.1, 0.15) is 264 Å². The van der Waals surface area contributed by atoms with Crippen molar-refractivity contribution in [3.63, 3.8) is 0 Å². The highest BCUT2D eigenvalue weighted by Crippen LogP contribution is 2.16. The highest BCUT2D eigenvalue weighted by molar-refractivity contribution is 4.84. The summed E-state index contributed by atoms with van der Waals surface area (Å²) in [4.78, 5) is 0. The van der Waals surface area contributed by atoms with E-state index in [1.807, 2.05) is 0 Å². The first-order chi connectivity index (χ1) is 23.8. The number of unbranched alkanes of at least 4 members (excludes halogenated alkanes) is 34. The summed E-state index contributed by atoms with van der Waals surface area (Å²) in [7, 11) is 0. The summed E-state index contributed by atoms with van der Waals surface area (Å²) in [5.41, 5.74) is 0. The van der Waals surface area contributed by atoms with Crippen LogP contribution in [0.2, 0.25) is 0 Å². The van der Waals surface area contributed by atoms with Crippen LogP contribution in [-0.2, 0) is 19.5 Å². The Balaban J connectivity index is 2.26. The van der Waals surface area contributed by atoms with Gasteiger partial charge in [-0.25, -0.2) is 9.13 Å². The smallest absolute Gasteiger partial charge is 0.234 e. The number of aryl methyl sites for hydroxylation is 2. The topological polar surface area (TPSA) is 8.81 Å². The molecule has 0 amide bonds. The summed E-state index contributed by atoms with van der Waals surface area (Å²) in [5.74, 6) is 1.63. The van der Waals surface area contributed by atoms with Crippen molar-refractivity contribution in [2.75, 3.05) is 0 Å². The lowest BCUT2D eigenvalue weighted by atomic mass is 10.0. The number of aromatic nitrogens is 2. The minimum atomic E-state index is 1.23. The van der Waals surface area contributed by atoms with Crippen LogP contribution in [-0.4, -0.2) is 4.57 Å². The van der Waals surface area contributed by atoms with Crippen LogP contribution < -0.4 is 4.57 Å². The minimum Gasteiger partial charge on any atom is -0.234 e. The van der Waals surface area contributed by atoms with E-state index in [0.29, 0.717) is 0 Å². The summed E-state index contributed by atoms with van der Waals surface area (Å²) in [6, 6.07) is 0. The first-order valence-electron chi connectivity index (χ1n) is 22.9. The van der Waals surface area contributed by atoms with Gasteiger partial charge in [-0.05, 0) is 32.1 Å². The Labute approximate surface area is 304 Å². The molecule has 0 unspecified atom stereocenters. The van der Waals surface area contributed by atoms with E-state index in [4.69, 9.17) is 0 Å². The molecule has 0 N–H and O–H groups in total. The maximum Gasteiger partial charge on any atom is 0.256 e. The number of imidazole rings is 1. The van der Waals surface area contributed by atoms with Crippen LogP contribution in [0.5, 0.6) is 0 Å². The predicted octanol–water partition coefficient (Wildman–Crippen LogP) is 15.8. The van der Waals surface area contributed by atoms with Crippen molar-refractivity contribution in [1.29, 1.82) is 0 Å². The van der Waals surface area contributed by atoms with Crippen LogP contribution in [0.25, 0.3) is 0 Å². The van der Waals surface area contributed by atoms with E-state index >= 15 is 0 Å². The molecule has 48 heavy (non-hydrogen) atoms. The second-order valence-electron chi connectivity index (χ2n) is 15.9. The van der Waals surface area contributed by atoms with Crippen LogP contribution in [0, 0.1) is 0 Å². The molecule has 0 fully saturated rings. The molecule has 0 bridgehead atoms. The Bertz CT molecular complexity index is 736. The standard InChI is InChI=1S/C46H91N2/c1-4-7-10-13-16-19-21-23-25-27-29-32-35-38-41-46-47(42-39-36-33-30-18-15-12-9-6-3)44-45-48(46)43-40-37-34-31-28-26-24-22-20-17-14-11-8-5-2/h44-45H,4-43H2,1-3H3/q+1. The van der Waals surface area contributed by atoms with Gasteiger partial charge < -0.3 is 0 Å². The number of rotatable bonds is 40. The largest absolute Gasteiger partial charge is 0.256 e. The Kier molecular flexibility index (Phi) is 35.3. The van der Waals surface area contributed by atoms with E-state index in [2.05, 4.69) is 42.3 Å². The fourth-order valence-corrected chi connectivity index (χ4v) is 7.74. The Morgan fingerprint density at radius 2 is 0.646 bits per heavy atom. The molecule has 1 heterocycles. The van der Waals surface area contributed by atoms with Crippen molar-refractivity contribution in [2.24, 2.45) is 0 Å². The van der Waals surface area contributed by atoms with Crippen LogP contribution >= 0.6 is 0 Å². The van der Waals surface area contributed by atoms with Crippen molar-refractivity contribution in [1.82, 2.24) is 4.57 Å². The second-order valence-corrected chi connectivity index (χ2v) is 15.9. The SMILES string of the molecule is CCCCCCCCCCCCCCCCc1n(CCCCCCCCCCCCCCCC)cc[n+]1CCCCCCCCCCC. The summed E-state index contributed by atoms with van der Waals surface area (Å²) >= 11 is 0. The average Bonchev–Trinajstić information content (AvgIpc) is 3.48.